The molecule has 0 saturated carbocycles. The van der Waals surface area contributed by atoms with Crippen LogP contribution in [-0.2, 0) is 38.7 Å². The Morgan fingerprint density at radius 1 is 0.574 bits per heavy atom. The van der Waals surface area contributed by atoms with E-state index in [1.807, 2.05) is 12.2 Å². The van der Waals surface area contributed by atoms with Gasteiger partial charge in [-0.1, -0.05) is 171 Å². The van der Waals surface area contributed by atoms with Crippen molar-refractivity contribution in [1.29, 1.82) is 0 Å². The summed E-state index contributed by atoms with van der Waals surface area (Å²) in [5.41, 5.74) is 0. The fraction of sp³-hybridized carbons (Fsp3) is 0.750. The van der Waals surface area contributed by atoms with Crippen LogP contribution >= 0.6 is 0 Å². The van der Waals surface area contributed by atoms with Gasteiger partial charge in [-0.15, -0.1) is 0 Å². The highest BCUT2D eigenvalue weighted by Crippen LogP contribution is 2.24. The molecule has 0 aromatic rings. The summed E-state index contributed by atoms with van der Waals surface area (Å²) in [4.78, 5) is 25.4. The molecule has 4 N–H and O–H groups in total. The average molecular weight is 883 g/mol. The molecule has 1 aliphatic rings. The molecule has 0 aliphatic carbocycles. The Hall–Kier alpha value is -2.65. The second kappa shape index (κ2) is 37.9. The van der Waals surface area contributed by atoms with Gasteiger partial charge in [0.2, 0.25) is 0 Å². The maximum atomic E-state index is 12.8. The van der Waals surface area contributed by atoms with Gasteiger partial charge in [0.05, 0.1) is 6.61 Å². The Balaban J connectivity index is 2.47. The lowest BCUT2D eigenvalue weighted by Gasteiger charge is -2.40. The SMILES string of the molecule is CC/C=C/C/C=C/C/C=C/C/C=C/C/C=C/CCCC(=O)O[C@H](COC(=O)CCCCCCCCCCCCCCCCCC)CO[C@H]1O[C@H](CS(=O)(=O)O)[C@@H](O)C(O)C1O. The van der Waals surface area contributed by atoms with Crippen LogP contribution in [0.4, 0.5) is 0 Å². The zero-order valence-electron chi connectivity index (χ0n) is 37.5. The van der Waals surface area contributed by atoms with Crippen LogP contribution in [0.25, 0.3) is 0 Å². The van der Waals surface area contributed by atoms with Crippen molar-refractivity contribution in [3.05, 3.63) is 60.8 Å². The number of unbranched alkanes of at least 4 members (excludes halogenated alkanes) is 16. The first-order chi connectivity index (χ1) is 29.5. The number of carbonyl (C=O) groups is 2. The van der Waals surface area contributed by atoms with Crippen LogP contribution in [0.1, 0.15) is 174 Å². The topological polar surface area (TPSA) is 186 Å². The van der Waals surface area contributed by atoms with E-state index in [2.05, 4.69) is 62.5 Å². The molecule has 12 nitrogen and oxygen atoms in total. The van der Waals surface area contributed by atoms with Crippen LogP contribution in [0.2, 0.25) is 0 Å². The fourth-order valence-corrected chi connectivity index (χ4v) is 7.46. The molecule has 1 heterocycles. The highest BCUT2D eigenvalue weighted by Gasteiger charge is 2.46. The van der Waals surface area contributed by atoms with E-state index in [9.17, 15) is 37.9 Å². The number of esters is 2. The van der Waals surface area contributed by atoms with E-state index < -0.39 is 71.2 Å². The monoisotopic (exact) mass is 883 g/mol. The van der Waals surface area contributed by atoms with E-state index in [0.717, 1.165) is 51.4 Å². The van der Waals surface area contributed by atoms with Crippen molar-refractivity contribution < 1.29 is 56.8 Å². The third-order valence-corrected chi connectivity index (χ3v) is 11.1. The molecule has 1 saturated heterocycles. The summed E-state index contributed by atoms with van der Waals surface area (Å²) in [7, 11) is -4.61. The molecular weight excluding hydrogens is 801 g/mol. The van der Waals surface area contributed by atoms with Crippen molar-refractivity contribution in [2.75, 3.05) is 19.0 Å². The predicted molar refractivity (Wildman–Crippen MR) is 242 cm³/mol. The lowest BCUT2D eigenvalue weighted by atomic mass is 10.00. The molecule has 1 fully saturated rings. The second-order valence-corrected chi connectivity index (χ2v) is 17.5. The van der Waals surface area contributed by atoms with Crippen LogP contribution in [0.15, 0.2) is 60.8 Å². The van der Waals surface area contributed by atoms with Crippen molar-refractivity contribution in [2.24, 2.45) is 0 Å². The molecule has 2 unspecified atom stereocenters. The summed E-state index contributed by atoms with van der Waals surface area (Å²) in [6.45, 7) is 3.60. The summed E-state index contributed by atoms with van der Waals surface area (Å²) in [6.07, 6.45) is 37.0. The summed E-state index contributed by atoms with van der Waals surface area (Å²) in [5, 5.41) is 30.9. The Morgan fingerprint density at radius 3 is 1.52 bits per heavy atom. The van der Waals surface area contributed by atoms with E-state index in [1.165, 1.54) is 77.0 Å². The highest BCUT2D eigenvalue weighted by molar-refractivity contribution is 7.85. The predicted octanol–water partition coefficient (Wildman–Crippen LogP) is 9.73. The number of hydrogen-bond donors (Lipinski definition) is 4. The minimum absolute atomic E-state index is 0.0852. The van der Waals surface area contributed by atoms with Gasteiger partial charge in [0.1, 0.15) is 36.8 Å². The number of allylic oxidation sites excluding steroid dienone is 10. The van der Waals surface area contributed by atoms with Crippen molar-refractivity contribution in [1.82, 2.24) is 0 Å². The minimum atomic E-state index is -4.61. The van der Waals surface area contributed by atoms with Crippen molar-refractivity contribution >= 4 is 22.1 Å². The van der Waals surface area contributed by atoms with E-state index in [-0.39, 0.29) is 19.4 Å². The van der Waals surface area contributed by atoms with E-state index >= 15 is 0 Å². The molecule has 1 rings (SSSR count). The Labute approximate surface area is 368 Å². The van der Waals surface area contributed by atoms with E-state index in [1.54, 1.807) is 0 Å². The van der Waals surface area contributed by atoms with Gasteiger partial charge in [0.25, 0.3) is 10.1 Å². The highest BCUT2D eigenvalue weighted by atomic mass is 32.2. The first-order valence-corrected chi connectivity index (χ1v) is 25.0. The van der Waals surface area contributed by atoms with Crippen molar-refractivity contribution in [2.45, 2.75) is 211 Å². The molecule has 0 bridgehead atoms. The van der Waals surface area contributed by atoms with Crippen LogP contribution in [0.3, 0.4) is 0 Å². The number of rotatable bonds is 38. The van der Waals surface area contributed by atoms with Gasteiger partial charge in [-0.2, -0.15) is 8.42 Å². The number of aliphatic hydroxyl groups excluding tert-OH is 3. The standard InChI is InChI=1S/C48H82O12S/c1-3-5-7-9-11-13-15-17-19-21-23-25-27-29-31-33-35-37-44(50)59-41(39-58-48-47(53)46(52)45(51)42(60-48)40-61(54,55)56)38-57-43(49)36-34-32-30-28-26-24-22-20-18-16-14-12-10-8-6-4-2/h5,7,11,13,17,19,23,25,29,31,41-42,45-48,51-53H,3-4,6,8-10,12,14-16,18,20-22,24,26-28,30,32-40H2,1-2H3,(H,54,55,56)/b7-5+,13-11+,19-17+,25-23+,31-29+/t41-,42-,45-,46?,47?,48+/m1/s1. The van der Waals surface area contributed by atoms with Gasteiger partial charge in [0, 0.05) is 12.8 Å². The number of aliphatic hydroxyl groups is 3. The number of hydrogen-bond acceptors (Lipinski definition) is 11. The lowest BCUT2D eigenvalue weighted by molar-refractivity contribution is -0.297. The molecule has 0 spiro atoms. The van der Waals surface area contributed by atoms with E-state index in [4.69, 9.17) is 18.9 Å². The molecular formula is C48H82O12S. The first kappa shape index (κ1) is 56.4. The second-order valence-electron chi connectivity index (χ2n) is 16.0. The molecule has 1 aliphatic heterocycles. The molecule has 352 valence electrons. The molecule has 0 aromatic carbocycles. The normalized spacial score (nSPS) is 20.5. The van der Waals surface area contributed by atoms with Crippen LogP contribution in [0.5, 0.6) is 0 Å². The zero-order valence-corrected chi connectivity index (χ0v) is 38.3. The molecule has 0 radical (unpaired) electrons. The maximum Gasteiger partial charge on any atom is 0.306 e. The fourth-order valence-electron chi connectivity index (χ4n) is 6.77. The third kappa shape index (κ3) is 32.7. The first-order valence-electron chi connectivity index (χ1n) is 23.3. The summed E-state index contributed by atoms with van der Waals surface area (Å²) in [5.74, 6) is -2.06. The molecule has 0 aromatic heterocycles. The van der Waals surface area contributed by atoms with Crippen LogP contribution < -0.4 is 0 Å². The summed E-state index contributed by atoms with van der Waals surface area (Å²) in [6, 6.07) is 0. The molecule has 61 heavy (non-hydrogen) atoms. The van der Waals surface area contributed by atoms with Gasteiger partial charge in [-0.3, -0.25) is 14.1 Å². The quantitative estimate of drug-likeness (QED) is 0.0199. The minimum Gasteiger partial charge on any atom is -0.462 e. The maximum absolute atomic E-state index is 12.8. The molecule has 6 atom stereocenters. The van der Waals surface area contributed by atoms with Crippen LogP contribution in [0, 0.1) is 0 Å². The van der Waals surface area contributed by atoms with Gasteiger partial charge in [-0.05, 0) is 51.4 Å². The Morgan fingerprint density at radius 2 is 1.03 bits per heavy atom. The largest absolute Gasteiger partial charge is 0.462 e. The van der Waals surface area contributed by atoms with Crippen molar-refractivity contribution in [3.8, 4) is 0 Å². The smallest absolute Gasteiger partial charge is 0.306 e. The summed E-state index contributed by atoms with van der Waals surface area (Å²) >= 11 is 0. The Kier molecular flexibility index (Phi) is 35.0. The van der Waals surface area contributed by atoms with Crippen LogP contribution in [-0.4, -0.2) is 96.0 Å². The summed E-state index contributed by atoms with van der Waals surface area (Å²) < 4.78 is 54.0. The Bertz CT molecular complexity index is 1360. The van der Waals surface area contributed by atoms with E-state index in [0.29, 0.717) is 19.3 Å². The van der Waals surface area contributed by atoms with Gasteiger partial charge in [-0.25, -0.2) is 0 Å². The zero-order chi connectivity index (χ0) is 44.8. The third-order valence-electron chi connectivity index (χ3n) is 10.4. The van der Waals surface area contributed by atoms with Gasteiger partial charge >= 0.3 is 11.9 Å². The van der Waals surface area contributed by atoms with Gasteiger partial charge in [0.15, 0.2) is 12.4 Å². The number of carbonyl (C=O) groups excluding carboxylic acids is 2. The van der Waals surface area contributed by atoms with Gasteiger partial charge < -0.3 is 34.3 Å². The van der Waals surface area contributed by atoms with Crippen molar-refractivity contribution in [3.63, 3.8) is 0 Å². The molecule has 0 amide bonds. The lowest BCUT2D eigenvalue weighted by Crippen LogP contribution is -2.60. The average Bonchev–Trinajstić information content (AvgIpc) is 3.22. The number of ether oxygens (including phenoxy) is 4. The molecule has 13 heteroatoms.